The third-order valence-electron chi connectivity index (χ3n) is 5.67. The smallest absolute Gasteiger partial charge is 0.416 e. The molecule has 0 saturated carbocycles. The van der Waals surface area contributed by atoms with Gasteiger partial charge >= 0.3 is 6.18 Å². The molecule has 2 aromatic carbocycles. The molecule has 0 aliphatic carbocycles. The second-order valence-corrected chi connectivity index (χ2v) is 8.46. The molecule has 0 N–H and O–H groups in total. The molecular weight excluding hydrogens is 457 g/mol. The van der Waals surface area contributed by atoms with Crippen LogP contribution in [-0.2, 0) is 35.2 Å². The summed E-state index contributed by atoms with van der Waals surface area (Å²) < 4.78 is 49.6. The van der Waals surface area contributed by atoms with Gasteiger partial charge < -0.3 is 14.1 Å². The van der Waals surface area contributed by atoms with Gasteiger partial charge in [-0.1, -0.05) is 42.5 Å². The summed E-state index contributed by atoms with van der Waals surface area (Å²) in [4.78, 5) is 17.0. The number of alkyl halides is 3. The number of rotatable bonds is 12. The molecule has 0 saturated heterocycles. The van der Waals surface area contributed by atoms with Crippen molar-refractivity contribution in [3.8, 4) is 0 Å². The van der Waals surface area contributed by atoms with Crippen LogP contribution in [0.4, 0.5) is 13.2 Å². The number of carbonyl (C=O) groups is 1. The molecule has 3 rings (SSSR count). The summed E-state index contributed by atoms with van der Waals surface area (Å²) in [5.41, 5.74) is 1.13. The van der Waals surface area contributed by atoms with Crippen LogP contribution in [-0.4, -0.2) is 49.1 Å². The fraction of sp³-hybridized carbons (Fsp3) is 0.370. The highest BCUT2D eigenvalue weighted by molar-refractivity contribution is 5.78. The van der Waals surface area contributed by atoms with E-state index >= 15 is 0 Å². The Morgan fingerprint density at radius 2 is 1.63 bits per heavy atom. The van der Waals surface area contributed by atoms with Gasteiger partial charge in [-0.25, -0.2) is 0 Å². The van der Waals surface area contributed by atoms with Crippen molar-refractivity contribution in [2.45, 2.75) is 32.6 Å². The number of ether oxygens (including phenoxy) is 1. The molecule has 3 aromatic rings. The minimum atomic E-state index is -4.38. The normalized spacial score (nSPS) is 11.7. The van der Waals surface area contributed by atoms with E-state index in [1.165, 1.54) is 12.1 Å². The quantitative estimate of drug-likeness (QED) is 0.346. The molecule has 1 heterocycles. The topological polar surface area (TPSA) is 45.9 Å². The molecule has 0 unspecified atom stereocenters. The van der Waals surface area contributed by atoms with E-state index in [9.17, 15) is 18.0 Å². The van der Waals surface area contributed by atoms with Crippen molar-refractivity contribution in [3.05, 3.63) is 94.9 Å². The van der Waals surface area contributed by atoms with E-state index in [-0.39, 0.29) is 12.5 Å². The number of hydrogen-bond acceptors (Lipinski definition) is 4. The molecule has 35 heavy (non-hydrogen) atoms. The first kappa shape index (κ1) is 26.5. The van der Waals surface area contributed by atoms with Crippen molar-refractivity contribution < 1.29 is 27.1 Å². The van der Waals surface area contributed by atoms with Gasteiger partial charge in [0.05, 0.1) is 25.3 Å². The number of aryl methyl sites for hydroxylation is 1. The van der Waals surface area contributed by atoms with Crippen molar-refractivity contribution in [3.63, 3.8) is 0 Å². The van der Waals surface area contributed by atoms with E-state index in [1.807, 2.05) is 54.3 Å². The number of furan rings is 1. The van der Waals surface area contributed by atoms with Gasteiger partial charge in [-0.2, -0.15) is 13.2 Å². The van der Waals surface area contributed by atoms with Gasteiger partial charge in [-0.15, -0.1) is 0 Å². The van der Waals surface area contributed by atoms with Crippen molar-refractivity contribution >= 4 is 5.91 Å². The monoisotopic (exact) mass is 488 g/mol. The SMILES string of the molecule is COCCN(CC(=O)N(CCc1ccccc1)Cc1ccc(C)o1)Cc1ccc(C(F)(F)F)cc1. The Labute approximate surface area is 204 Å². The fourth-order valence-corrected chi connectivity index (χ4v) is 3.74. The average molecular weight is 489 g/mol. The second kappa shape index (κ2) is 12.6. The molecule has 8 heteroatoms. The zero-order valence-corrected chi connectivity index (χ0v) is 20.1. The Balaban J connectivity index is 1.70. The maximum Gasteiger partial charge on any atom is 0.416 e. The predicted molar refractivity (Wildman–Crippen MR) is 128 cm³/mol. The van der Waals surface area contributed by atoms with Crippen LogP contribution in [0.25, 0.3) is 0 Å². The maximum absolute atomic E-state index is 13.4. The van der Waals surface area contributed by atoms with E-state index < -0.39 is 11.7 Å². The summed E-state index contributed by atoms with van der Waals surface area (Å²) in [5, 5.41) is 0. The Morgan fingerprint density at radius 1 is 0.914 bits per heavy atom. The van der Waals surface area contributed by atoms with Crippen LogP contribution in [0.2, 0.25) is 0 Å². The lowest BCUT2D eigenvalue weighted by atomic mass is 10.1. The summed E-state index contributed by atoms with van der Waals surface area (Å²) >= 11 is 0. The average Bonchev–Trinajstić information content (AvgIpc) is 3.25. The molecule has 0 bridgehead atoms. The van der Waals surface area contributed by atoms with Crippen LogP contribution >= 0.6 is 0 Å². The zero-order valence-electron chi connectivity index (χ0n) is 20.1. The van der Waals surface area contributed by atoms with Crippen molar-refractivity contribution in [1.82, 2.24) is 9.80 Å². The lowest BCUT2D eigenvalue weighted by molar-refractivity contribution is -0.137. The van der Waals surface area contributed by atoms with Crippen molar-refractivity contribution in [2.24, 2.45) is 0 Å². The highest BCUT2D eigenvalue weighted by Crippen LogP contribution is 2.29. The van der Waals surface area contributed by atoms with Crippen molar-refractivity contribution in [2.75, 3.05) is 33.4 Å². The third kappa shape index (κ3) is 8.56. The molecule has 188 valence electrons. The highest BCUT2D eigenvalue weighted by Gasteiger charge is 2.30. The van der Waals surface area contributed by atoms with E-state index in [2.05, 4.69) is 0 Å². The Morgan fingerprint density at radius 3 is 2.23 bits per heavy atom. The lowest BCUT2D eigenvalue weighted by Gasteiger charge is -2.27. The van der Waals surface area contributed by atoms with Crippen LogP contribution in [0.15, 0.2) is 71.1 Å². The van der Waals surface area contributed by atoms with Crippen LogP contribution in [0, 0.1) is 6.92 Å². The number of nitrogens with zero attached hydrogens (tertiary/aromatic N) is 2. The van der Waals surface area contributed by atoms with Gasteiger partial charge in [0, 0.05) is 26.7 Å². The second-order valence-electron chi connectivity index (χ2n) is 8.46. The minimum Gasteiger partial charge on any atom is -0.464 e. The molecule has 1 amide bonds. The summed E-state index contributed by atoms with van der Waals surface area (Å²) in [6, 6.07) is 18.7. The molecule has 5 nitrogen and oxygen atoms in total. The summed E-state index contributed by atoms with van der Waals surface area (Å²) in [6.45, 7) is 4.03. The molecule has 0 atom stereocenters. The van der Waals surface area contributed by atoms with E-state index in [1.54, 1.807) is 12.0 Å². The lowest BCUT2D eigenvalue weighted by Crippen LogP contribution is -2.41. The number of halogens is 3. The summed E-state index contributed by atoms with van der Waals surface area (Å²) in [7, 11) is 1.57. The zero-order chi connectivity index (χ0) is 25.3. The van der Waals surface area contributed by atoms with Crippen LogP contribution in [0.3, 0.4) is 0 Å². The van der Waals surface area contributed by atoms with Gasteiger partial charge in [0.25, 0.3) is 0 Å². The Hall–Kier alpha value is -3.10. The van der Waals surface area contributed by atoms with Gasteiger partial charge in [-0.05, 0) is 48.7 Å². The number of methoxy groups -OCH3 is 1. The number of benzene rings is 2. The van der Waals surface area contributed by atoms with E-state index in [0.29, 0.717) is 50.5 Å². The molecule has 0 aliphatic rings. The summed E-state index contributed by atoms with van der Waals surface area (Å²) in [5.74, 6) is 1.40. The van der Waals surface area contributed by atoms with E-state index in [0.717, 1.165) is 23.5 Å². The Bertz CT molecular complexity index is 1050. The maximum atomic E-state index is 13.4. The molecule has 0 radical (unpaired) electrons. The summed E-state index contributed by atoms with van der Waals surface area (Å²) in [6.07, 6.45) is -3.68. The molecule has 0 fully saturated rings. The van der Waals surface area contributed by atoms with E-state index in [4.69, 9.17) is 9.15 Å². The first-order valence-corrected chi connectivity index (χ1v) is 11.5. The third-order valence-corrected chi connectivity index (χ3v) is 5.67. The van der Waals surface area contributed by atoms with Gasteiger partial charge in [-0.3, -0.25) is 9.69 Å². The predicted octanol–water partition coefficient (Wildman–Crippen LogP) is 5.33. The van der Waals surface area contributed by atoms with Crippen LogP contribution in [0.1, 0.15) is 28.2 Å². The minimum absolute atomic E-state index is 0.0852. The van der Waals surface area contributed by atoms with Crippen molar-refractivity contribution in [1.29, 1.82) is 0 Å². The highest BCUT2D eigenvalue weighted by atomic mass is 19.4. The fourth-order valence-electron chi connectivity index (χ4n) is 3.74. The number of carbonyl (C=O) groups excluding carboxylic acids is 1. The van der Waals surface area contributed by atoms with Crippen LogP contribution < -0.4 is 0 Å². The van der Waals surface area contributed by atoms with Gasteiger partial charge in [0.2, 0.25) is 5.91 Å². The largest absolute Gasteiger partial charge is 0.464 e. The van der Waals surface area contributed by atoms with Crippen LogP contribution in [0.5, 0.6) is 0 Å². The van der Waals surface area contributed by atoms with Gasteiger partial charge in [0.1, 0.15) is 11.5 Å². The van der Waals surface area contributed by atoms with Gasteiger partial charge in [0.15, 0.2) is 0 Å². The number of hydrogen-bond donors (Lipinski definition) is 0. The number of amides is 1. The molecule has 0 aliphatic heterocycles. The molecule has 0 spiro atoms. The first-order chi connectivity index (χ1) is 16.7. The molecule has 1 aromatic heterocycles. The first-order valence-electron chi connectivity index (χ1n) is 11.5. The Kier molecular flexibility index (Phi) is 9.51. The molecular formula is C27H31F3N2O3. The standard InChI is InChI=1S/C27H31F3N2O3/c1-21-8-13-25(35-21)19-32(15-14-22-6-4-3-5-7-22)26(33)20-31(16-17-34-2)18-23-9-11-24(12-10-23)27(28,29)30/h3-13H,14-20H2,1-2H3.